The molecule has 0 radical (unpaired) electrons. The van der Waals surface area contributed by atoms with Gasteiger partial charge in [-0.2, -0.15) is 0 Å². The molecule has 0 bridgehead atoms. The Hall–Kier alpha value is -2.60. The van der Waals surface area contributed by atoms with Crippen LogP contribution in [0.5, 0.6) is 5.75 Å². The average Bonchev–Trinajstić information content (AvgIpc) is 2.85. The lowest BCUT2D eigenvalue weighted by atomic mass is 10.1. The number of nitrogens with zero attached hydrogens (tertiary/aromatic N) is 1. The maximum absolute atomic E-state index is 12.6. The number of aromatic nitrogens is 1. The summed E-state index contributed by atoms with van der Waals surface area (Å²) in [7, 11) is 1.74. The van der Waals surface area contributed by atoms with Crippen LogP contribution < -0.4 is 14.9 Å². The fraction of sp³-hybridized carbons (Fsp3) is 0.300. The van der Waals surface area contributed by atoms with Crippen molar-refractivity contribution in [1.29, 1.82) is 0 Å². The molecular formula is C20H22N2O3S. The van der Waals surface area contributed by atoms with Gasteiger partial charge < -0.3 is 14.6 Å². The highest BCUT2D eigenvalue weighted by Gasteiger charge is 2.19. The number of hydrogen-bond acceptors (Lipinski definition) is 4. The van der Waals surface area contributed by atoms with Crippen LogP contribution in [0.3, 0.4) is 0 Å². The molecule has 0 saturated carbocycles. The molecule has 1 amide bonds. The molecule has 0 spiro atoms. The molecule has 2 aromatic carbocycles. The van der Waals surface area contributed by atoms with E-state index in [4.69, 9.17) is 4.74 Å². The Labute approximate surface area is 156 Å². The Morgan fingerprint density at radius 1 is 1.19 bits per heavy atom. The molecule has 1 N–H and O–H groups in total. The predicted octanol–water partition coefficient (Wildman–Crippen LogP) is 4.01. The Morgan fingerprint density at radius 2 is 1.88 bits per heavy atom. The highest BCUT2D eigenvalue weighted by molar-refractivity contribution is 7.16. The van der Waals surface area contributed by atoms with E-state index in [9.17, 15) is 9.59 Å². The highest BCUT2D eigenvalue weighted by atomic mass is 32.1. The van der Waals surface area contributed by atoms with Crippen LogP contribution >= 0.6 is 11.3 Å². The van der Waals surface area contributed by atoms with Crippen LogP contribution in [0.15, 0.2) is 41.2 Å². The number of anilines is 1. The third-order valence-electron chi connectivity index (χ3n) is 4.20. The van der Waals surface area contributed by atoms with Gasteiger partial charge in [0.05, 0.1) is 10.2 Å². The molecule has 0 fully saturated rings. The number of amides is 1. The minimum absolute atomic E-state index is 0.0203. The molecule has 1 aromatic heterocycles. The van der Waals surface area contributed by atoms with Crippen molar-refractivity contribution < 1.29 is 9.53 Å². The quantitative estimate of drug-likeness (QED) is 0.738. The first kappa shape index (κ1) is 18.2. The standard InChI is InChI=1S/C20H22N2O3S/c1-5-17(25-15-9-12(2)8-13(3)10-15)19(23)21-14-6-7-16-18(11-14)26-20(24)22(16)4/h6-11,17H,5H2,1-4H3,(H,21,23)/t17-/m1/s1. The average molecular weight is 370 g/mol. The molecule has 0 saturated heterocycles. The minimum Gasteiger partial charge on any atom is -0.481 e. The summed E-state index contributed by atoms with van der Waals surface area (Å²) in [5, 5.41) is 2.89. The Morgan fingerprint density at radius 3 is 2.54 bits per heavy atom. The van der Waals surface area contributed by atoms with Crippen LogP contribution in [0.2, 0.25) is 0 Å². The summed E-state index contributed by atoms with van der Waals surface area (Å²) >= 11 is 1.16. The zero-order valence-corrected chi connectivity index (χ0v) is 16.1. The fourth-order valence-corrected chi connectivity index (χ4v) is 3.84. The van der Waals surface area contributed by atoms with Gasteiger partial charge >= 0.3 is 4.87 Å². The summed E-state index contributed by atoms with van der Waals surface area (Å²) in [6.45, 7) is 5.92. The van der Waals surface area contributed by atoms with Gasteiger partial charge in [-0.25, -0.2) is 0 Å². The normalized spacial score (nSPS) is 12.2. The first-order valence-corrected chi connectivity index (χ1v) is 9.34. The van der Waals surface area contributed by atoms with Crippen molar-refractivity contribution in [3.05, 3.63) is 57.2 Å². The summed E-state index contributed by atoms with van der Waals surface area (Å²) in [6.07, 6.45) is -0.0267. The summed E-state index contributed by atoms with van der Waals surface area (Å²) < 4.78 is 8.35. The second kappa shape index (κ2) is 7.33. The monoisotopic (exact) mass is 370 g/mol. The maximum atomic E-state index is 12.6. The molecule has 0 aliphatic carbocycles. The van der Waals surface area contributed by atoms with Crippen molar-refractivity contribution in [1.82, 2.24) is 4.57 Å². The lowest BCUT2D eigenvalue weighted by Gasteiger charge is -2.18. The molecule has 0 aliphatic heterocycles. The number of thiazole rings is 1. The minimum atomic E-state index is -0.582. The van der Waals surface area contributed by atoms with Gasteiger partial charge in [-0.05, 0) is 61.7 Å². The SMILES string of the molecule is CC[C@@H](Oc1cc(C)cc(C)c1)C(=O)Nc1ccc2c(c1)sc(=O)n2C. The van der Waals surface area contributed by atoms with Crippen LogP contribution in [0.4, 0.5) is 5.69 Å². The molecule has 3 aromatic rings. The Kier molecular flexibility index (Phi) is 5.13. The molecular weight excluding hydrogens is 348 g/mol. The van der Waals surface area contributed by atoms with Gasteiger partial charge in [0, 0.05) is 12.7 Å². The van der Waals surface area contributed by atoms with Crippen LogP contribution in [0.1, 0.15) is 24.5 Å². The van der Waals surface area contributed by atoms with Gasteiger partial charge in [0.25, 0.3) is 5.91 Å². The van der Waals surface area contributed by atoms with Crippen LogP contribution in [-0.2, 0) is 11.8 Å². The highest BCUT2D eigenvalue weighted by Crippen LogP contribution is 2.22. The van der Waals surface area contributed by atoms with Gasteiger partial charge in [0.2, 0.25) is 0 Å². The molecule has 5 nitrogen and oxygen atoms in total. The molecule has 1 atom stereocenters. The molecule has 26 heavy (non-hydrogen) atoms. The number of hydrogen-bond donors (Lipinski definition) is 1. The van der Waals surface area contributed by atoms with Gasteiger partial charge in [0.15, 0.2) is 6.10 Å². The number of ether oxygens (including phenoxy) is 1. The number of fused-ring (bicyclic) bond motifs is 1. The van der Waals surface area contributed by atoms with E-state index in [-0.39, 0.29) is 10.8 Å². The lowest BCUT2D eigenvalue weighted by Crippen LogP contribution is -2.32. The molecule has 3 rings (SSSR count). The number of rotatable bonds is 5. The molecule has 0 aliphatic rings. The molecule has 136 valence electrons. The van der Waals surface area contributed by atoms with Crippen LogP contribution in [0.25, 0.3) is 10.2 Å². The summed E-state index contributed by atoms with van der Waals surface area (Å²) in [5.41, 5.74) is 3.71. The number of aryl methyl sites for hydroxylation is 3. The first-order valence-electron chi connectivity index (χ1n) is 8.52. The van der Waals surface area contributed by atoms with Crippen LogP contribution in [0, 0.1) is 13.8 Å². The Bertz CT molecular complexity index is 999. The van der Waals surface area contributed by atoms with E-state index in [1.807, 2.05) is 45.0 Å². The third kappa shape index (κ3) is 3.80. The van der Waals surface area contributed by atoms with E-state index in [2.05, 4.69) is 11.4 Å². The first-order chi connectivity index (χ1) is 12.4. The zero-order chi connectivity index (χ0) is 18.8. The van der Waals surface area contributed by atoms with E-state index in [1.54, 1.807) is 17.7 Å². The topological polar surface area (TPSA) is 60.3 Å². The summed E-state index contributed by atoms with van der Waals surface area (Å²) in [6, 6.07) is 11.4. The predicted molar refractivity (Wildman–Crippen MR) is 106 cm³/mol. The van der Waals surface area contributed by atoms with Gasteiger partial charge in [-0.3, -0.25) is 9.59 Å². The number of carbonyl (C=O) groups excluding carboxylic acids is 1. The smallest absolute Gasteiger partial charge is 0.307 e. The summed E-state index contributed by atoms with van der Waals surface area (Å²) in [5.74, 6) is 0.496. The molecule has 0 unspecified atom stereocenters. The largest absolute Gasteiger partial charge is 0.481 e. The third-order valence-corrected chi connectivity index (χ3v) is 5.19. The van der Waals surface area contributed by atoms with Gasteiger partial charge in [-0.15, -0.1) is 0 Å². The second-order valence-corrected chi connectivity index (χ2v) is 7.43. The molecule has 1 heterocycles. The molecule has 6 heteroatoms. The zero-order valence-electron chi connectivity index (χ0n) is 15.3. The Balaban J connectivity index is 1.77. The second-order valence-electron chi connectivity index (χ2n) is 6.44. The number of carbonyl (C=O) groups is 1. The van der Waals surface area contributed by atoms with Crippen molar-refractivity contribution in [2.24, 2.45) is 7.05 Å². The lowest BCUT2D eigenvalue weighted by molar-refractivity contribution is -0.122. The van der Waals surface area contributed by atoms with E-state index >= 15 is 0 Å². The fourth-order valence-electron chi connectivity index (χ4n) is 2.92. The number of nitrogens with one attached hydrogen (secondary N) is 1. The van der Waals surface area contributed by atoms with E-state index < -0.39 is 6.10 Å². The maximum Gasteiger partial charge on any atom is 0.307 e. The van der Waals surface area contributed by atoms with Crippen molar-refractivity contribution in [2.45, 2.75) is 33.3 Å². The van der Waals surface area contributed by atoms with Crippen molar-refractivity contribution in [3.63, 3.8) is 0 Å². The van der Waals surface area contributed by atoms with E-state index in [0.29, 0.717) is 17.9 Å². The number of benzene rings is 2. The van der Waals surface area contributed by atoms with E-state index in [1.165, 1.54) is 0 Å². The van der Waals surface area contributed by atoms with Crippen molar-refractivity contribution in [2.75, 3.05) is 5.32 Å². The van der Waals surface area contributed by atoms with Crippen molar-refractivity contribution >= 4 is 33.1 Å². The van der Waals surface area contributed by atoms with Crippen molar-refractivity contribution in [3.8, 4) is 5.75 Å². The van der Waals surface area contributed by atoms with Gasteiger partial charge in [-0.1, -0.05) is 24.3 Å². The van der Waals surface area contributed by atoms with Gasteiger partial charge in [0.1, 0.15) is 5.75 Å². The summed E-state index contributed by atoms with van der Waals surface area (Å²) in [4.78, 5) is 24.4. The van der Waals surface area contributed by atoms with E-state index in [0.717, 1.165) is 32.7 Å². The van der Waals surface area contributed by atoms with Crippen LogP contribution in [-0.4, -0.2) is 16.6 Å².